The lowest BCUT2D eigenvalue weighted by molar-refractivity contribution is 0.0932. The fourth-order valence-electron chi connectivity index (χ4n) is 2.42. The summed E-state index contributed by atoms with van der Waals surface area (Å²) >= 11 is 0. The van der Waals surface area contributed by atoms with Gasteiger partial charge in [0.25, 0.3) is 5.91 Å². The van der Waals surface area contributed by atoms with E-state index >= 15 is 0 Å². The Morgan fingerprint density at radius 2 is 2.16 bits per heavy atom. The van der Waals surface area contributed by atoms with E-state index in [0.717, 1.165) is 35.6 Å². The zero-order chi connectivity index (χ0) is 13.8. The van der Waals surface area contributed by atoms with E-state index < -0.39 is 0 Å². The molecule has 1 aromatic rings. The number of amides is 1. The molecule has 1 aliphatic rings. The highest BCUT2D eigenvalue weighted by molar-refractivity contribution is 5.96. The molecule has 1 unspecified atom stereocenters. The molecule has 1 atom stereocenters. The Morgan fingerprint density at radius 1 is 1.42 bits per heavy atom. The van der Waals surface area contributed by atoms with Crippen LogP contribution in [0.2, 0.25) is 0 Å². The van der Waals surface area contributed by atoms with Crippen LogP contribution >= 0.6 is 0 Å². The largest absolute Gasteiger partial charge is 0.388 e. The average Bonchev–Trinajstić information content (AvgIpc) is 3.21. The number of carbonyl (C=O) groups excluding carboxylic acids is 1. The predicted molar refractivity (Wildman–Crippen MR) is 79.6 cm³/mol. The Hall–Kier alpha value is -1.51. The van der Waals surface area contributed by atoms with Gasteiger partial charge < -0.3 is 10.6 Å². The molecule has 1 aliphatic carbocycles. The average molecular weight is 260 g/mol. The summed E-state index contributed by atoms with van der Waals surface area (Å²) in [6.45, 7) is 4.13. The third-order valence-electron chi connectivity index (χ3n) is 3.90. The monoisotopic (exact) mass is 260 g/mol. The molecule has 1 fully saturated rings. The van der Waals surface area contributed by atoms with Crippen molar-refractivity contribution < 1.29 is 4.79 Å². The number of rotatable bonds is 6. The lowest BCUT2D eigenvalue weighted by Crippen LogP contribution is -2.35. The van der Waals surface area contributed by atoms with Crippen molar-refractivity contribution in [1.29, 1.82) is 0 Å². The van der Waals surface area contributed by atoms with Crippen LogP contribution in [-0.4, -0.2) is 19.0 Å². The van der Waals surface area contributed by atoms with Crippen molar-refractivity contribution in [1.82, 2.24) is 5.32 Å². The van der Waals surface area contributed by atoms with Gasteiger partial charge >= 0.3 is 0 Å². The van der Waals surface area contributed by atoms with E-state index in [4.69, 9.17) is 0 Å². The van der Waals surface area contributed by atoms with Gasteiger partial charge in [0.1, 0.15) is 0 Å². The number of hydrogen-bond donors (Lipinski definition) is 2. The molecule has 2 rings (SSSR count). The van der Waals surface area contributed by atoms with Crippen LogP contribution in [0.4, 0.5) is 5.69 Å². The Morgan fingerprint density at radius 3 is 2.68 bits per heavy atom. The van der Waals surface area contributed by atoms with E-state index in [9.17, 15) is 4.79 Å². The summed E-state index contributed by atoms with van der Waals surface area (Å²) in [6.07, 6.45) is 4.82. The van der Waals surface area contributed by atoms with E-state index in [1.807, 2.05) is 32.2 Å². The summed E-state index contributed by atoms with van der Waals surface area (Å²) < 4.78 is 0. The van der Waals surface area contributed by atoms with Gasteiger partial charge in [0.05, 0.1) is 0 Å². The standard InChI is InChI=1S/C16H24N2O/c1-4-13(10-12-5-6-12)18-16(19)15-8-7-14(17-3)9-11(15)2/h7-9,12-13,17H,4-6,10H2,1-3H3,(H,18,19). The molecule has 0 radical (unpaired) electrons. The Balaban J connectivity index is 2.01. The van der Waals surface area contributed by atoms with Gasteiger partial charge in [0.2, 0.25) is 0 Å². The van der Waals surface area contributed by atoms with Gasteiger partial charge in [-0.05, 0) is 49.4 Å². The van der Waals surface area contributed by atoms with Gasteiger partial charge in [-0.25, -0.2) is 0 Å². The molecule has 0 aliphatic heterocycles. The number of anilines is 1. The number of nitrogens with one attached hydrogen (secondary N) is 2. The van der Waals surface area contributed by atoms with E-state index in [1.165, 1.54) is 12.8 Å². The first-order valence-electron chi connectivity index (χ1n) is 7.23. The number of hydrogen-bond acceptors (Lipinski definition) is 2. The van der Waals surface area contributed by atoms with E-state index in [-0.39, 0.29) is 5.91 Å². The lowest BCUT2D eigenvalue weighted by atomic mass is 10.0. The van der Waals surface area contributed by atoms with Crippen molar-refractivity contribution in [2.45, 2.75) is 45.6 Å². The molecule has 3 nitrogen and oxygen atoms in total. The van der Waals surface area contributed by atoms with E-state index in [2.05, 4.69) is 17.6 Å². The van der Waals surface area contributed by atoms with Crippen molar-refractivity contribution in [3.05, 3.63) is 29.3 Å². The second-order valence-electron chi connectivity index (χ2n) is 5.54. The van der Waals surface area contributed by atoms with Crippen molar-refractivity contribution in [2.24, 2.45) is 5.92 Å². The predicted octanol–water partition coefficient (Wildman–Crippen LogP) is 3.35. The van der Waals surface area contributed by atoms with Gasteiger partial charge in [0, 0.05) is 24.3 Å². The van der Waals surface area contributed by atoms with Gasteiger partial charge in [-0.2, -0.15) is 0 Å². The van der Waals surface area contributed by atoms with Crippen LogP contribution in [0.5, 0.6) is 0 Å². The smallest absolute Gasteiger partial charge is 0.251 e. The molecule has 2 N–H and O–H groups in total. The molecule has 3 heteroatoms. The van der Waals surface area contributed by atoms with Gasteiger partial charge in [-0.3, -0.25) is 4.79 Å². The van der Waals surface area contributed by atoms with Gasteiger partial charge in [0.15, 0.2) is 0 Å². The Bertz CT molecular complexity index is 452. The normalized spacial score (nSPS) is 15.9. The second kappa shape index (κ2) is 6.09. The minimum Gasteiger partial charge on any atom is -0.388 e. The summed E-state index contributed by atoms with van der Waals surface area (Å²) in [7, 11) is 1.89. The Kier molecular flexibility index (Phi) is 4.46. The van der Waals surface area contributed by atoms with Crippen LogP contribution in [0, 0.1) is 12.8 Å². The lowest BCUT2D eigenvalue weighted by Gasteiger charge is -2.17. The van der Waals surface area contributed by atoms with Crippen molar-refractivity contribution in [3.8, 4) is 0 Å². The molecule has 0 heterocycles. The zero-order valence-electron chi connectivity index (χ0n) is 12.1. The summed E-state index contributed by atoms with van der Waals surface area (Å²) in [5.41, 5.74) is 2.85. The van der Waals surface area contributed by atoms with Crippen LogP contribution in [0.25, 0.3) is 0 Å². The molecule has 0 spiro atoms. The number of benzene rings is 1. The van der Waals surface area contributed by atoms with Crippen molar-refractivity contribution in [3.63, 3.8) is 0 Å². The fourth-order valence-corrected chi connectivity index (χ4v) is 2.42. The maximum Gasteiger partial charge on any atom is 0.251 e. The zero-order valence-corrected chi connectivity index (χ0v) is 12.1. The molecule has 1 aromatic carbocycles. The third-order valence-corrected chi connectivity index (χ3v) is 3.90. The Labute approximate surface area is 115 Å². The molecule has 0 aromatic heterocycles. The fraction of sp³-hybridized carbons (Fsp3) is 0.562. The van der Waals surface area contributed by atoms with Gasteiger partial charge in [-0.15, -0.1) is 0 Å². The molecule has 1 amide bonds. The molecule has 0 saturated heterocycles. The minimum absolute atomic E-state index is 0.0626. The first-order chi connectivity index (χ1) is 9.13. The summed E-state index contributed by atoms with van der Waals surface area (Å²) in [6, 6.07) is 6.18. The van der Waals surface area contributed by atoms with Crippen LogP contribution in [0.3, 0.4) is 0 Å². The van der Waals surface area contributed by atoms with E-state index in [1.54, 1.807) is 0 Å². The quantitative estimate of drug-likeness (QED) is 0.823. The van der Waals surface area contributed by atoms with Crippen molar-refractivity contribution >= 4 is 11.6 Å². The summed E-state index contributed by atoms with van der Waals surface area (Å²) in [5.74, 6) is 0.908. The maximum absolute atomic E-state index is 12.3. The van der Waals surface area contributed by atoms with Crippen molar-refractivity contribution in [2.75, 3.05) is 12.4 Å². The van der Waals surface area contributed by atoms with Crippen LogP contribution in [0.15, 0.2) is 18.2 Å². The highest BCUT2D eigenvalue weighted by Crippen LogP contribution is 2.34. The maximum atomic E-state index is 12.3. The third kappa shape index (κ3) is 3.72. The van der Waals surface area contributed by atoms with Crippen LogP contribution in [-0.2, 0) is 0 Å². The number of aryl methyl sites for hydroxylation is 1. The topological polar surface area (TPSA) is 41.1 Å². The first kappa shape index (κ1) is 13.9. The molecule has 0 bridgehead atoms. The van der Waals surface area contributed by atoms with Crippen LogP contribution < -0.4 is 10.6 Å². The first-order valence-corrected chi connectivity index (χ1v) is 7.23. The second-order valence-corrected chi connectivity index (χ2v) is 5.54. The number of carbonyl (C=O) groups is 1. The molecular weight excluding hydrogens is 236 g/mol. The SMILES string of the molecule is CCC(CC1CC1)NC(=O)c1ccc(NC)cc1C. The molecule has 19 heavy (non-hydrogen) atoms. The van der Waals surface area contributed by atoms with Gasteiger partial charge in [-0.1, -0.05) is 19.8 Å². The highest BCUT2D eigenvalue weighted by atomic mass is 16.1. The molecule has 104 valence electrons. The van der Waals surface area contributed by atoms with Crippen LogP contribution in [0.1, 0.15) is 48.5 Å². The highest BCUT2D eigenvalue weighted by Gasteiger charge is 2.25. The molecular formula is C16H24N2O. The van der Waals surface area contributed by atoms with E-state index in [0.29, 0.717) is 6.04 Å². The minimum atomic E-state index is 0.0626. The summed E-state index contributed by atoms with van der Waals surface area (Å²) in [4.78, 5) is 12.3. The molecule has 1 saturated carbocycles. The summed E-state index contributed by atoms with van der Waals surface area (Å²) in [5, 5.41) is 6.26.